The van der Waals surface area contributed by atoms with Gasteiger partial charge in [-0.2, -0.15) is 4.31 Å². The SMILES string of the molecule is C[C@H](C(=O)N1CCCCCC1)N1CCN(S(=O)(=O)/C=C/c2ccccc2)CC1. The highest BCUT2D eigenvalue weighted by Gasteiger charge is 2.31. The molecule has 1 aromatic carbocycles. The highest BCUT2D eigenvalue weighted by molar-refractivity contribution is 7.92. The summed E-state index contributed by atoms with van der Waals surface area (Å²) in [6.07, 6.45) is 6.19. The van der Waals surface area contributed by atoms with Crippen LogP contribution in [0.3, 0.4) is 0 Å². The number of carbonyl (C=O) groups is 1. The smallest absolute Gasteiger partial charge is 0.239 e. The molecule has 1 atom stereocenters. The van der Waals surface area contributed by atoms with Crippen LogP contribution < -0.4 is 0 Å². The Kier molecular flexibility index (Phi) is 7.26. The predicted molar refractivity (Wildman–Crippen MR) is 112 cm³/mol. The van der Waals surface area contributed by atoms with E-state index in [-0.39, 0.29) is 11.9 Å². The van der Waals surface area contributed by atoms with E-state index >= 15 is 0 Å². The summed E-state index contributed by atoms with van der Waals surface area (Å²) in [5.41, 5.74) is 0.862. The molecule has 2 aliphatic rings. The molecule has 0 bridgehead atoms. The second-order valence-corrected chi connectivity index (χ2v) is 9.43. The number of likely N-dealkylation sites (tertiary alicyclic amines) is 1. The van der Waals surface area contributed by atoms with Crippen molar-refractivity contribution in [2.75, 3.05) is 39.3 Å². The van der Waals surface area contributed by atoms with Crippen molar-refractivity contribution in [2.45, 2.75) is 38.6 Å². The van der Waals surface area contributed by atoms with Crippen LogP contribution >= 0.6 is 0 Å². The van der Waals surface area contributed by atoms with E-state index in [4.69, 9.17) is 0 Å². The Hall–Kier alpha value is -1.70. The zero-order valence-electron chi connectivity index (χ0n) is 16.7. The summed E-state index contributed by atoms with van der Waals surface area (Å²) in [6.45, 7) is 5.65. The van der Waals surface area contributed by atoms with Crippen molar-refractivity contribution in [2.24, 2.45) is 0 Å². The minimum absolute atomic E-state index is 0.183. The van der Waals surface area contributed by atoms with Gasteiger partial charge in [-0.15, -0.1) is 0 Å². The number of rotatable bonds is 5. The lowest BCUT2D eigenvalue weighted by Crippen LogP contribution is -2.55. The van der Waals surface area contributed by atoms with Gasteiger partial charge < -0.3 is 4.90 Å². The molecule has 2 saturated heterocycles. The molecule has 7 heteroatoms. The van der Waals surface area contributed by atoms with Crippen molar-refractivity contribution in [1.82, 2.24) is 14.1 Å². The molecule has 0 saturated carbocycles. The van der Waals surface area contributed by atoms with Crippen molar-refractivity contribution >= 4 is 22.0 Å². The van der Waals surface area contributed by atoms with Crippen LogP contribution in [-0.2, 0) is 14.8 Å². The third kappa shape index (κ3) is 5.43. The Balaban J connectivity index is 1.54. The number of hydrogen-bond donors (Lipinski definition) is 0. The molecule has 2 heterocycles. The third-order valence-corrected chi connectivity index (χ3v) is 7.25. The van der Waals surface area contributed by atoms with Gasteiger partial charge in [0.1, 0.15) is 0 Å². The van der Waals surface area contributed by atoms with Crippen LogP contribution in [-0.4, -0.2) is 73.7 Å². The lowest BCUT2D eigenvalue weighted by Gasteiger charge is -2.38. The average molecular weight is 406 g/mol. The summed E-state index contributed by atoms with van der Waals surface area (Å²) in [7, 11) is -3.45. The summed E-state index contributed by atoms with van der Waals surface area (Å²) in [5.74, 6) is 0.183. The predicted octanol–water partition coefficient (Wildman–Crippen LogP) is 2.40. The number of amides is 1. The summed E-state index contributed by atoms with van der Waals surface area (Å²) in [6, 6.07) is 9.23. The van der Waals surface area contributed by atoms with Gasteiger partial charge >= 0.3 is 0 Å². The Labute approximate surface area is 168 Å². The molecule has 0 spiro atoms. The average Bonchev–Trinajstić information content (AvgIpc) is 3.02. The molecule has 2 fully saturated rings. The Morgan fingerprint density at radius 2 is 1.54 bits per heavy atom. The van der Waals surface area contributed by atoms with Gasteiger partial charge in [0, 0.05) is 44.7 Å². The van der Waals surface area contributed by atoms with Crippen molar-refractivity contribution < 1.29 is 13.2 Å². The lowest BCUT2D eigenvalue weighted by molar-refractivity contribution is -0.136. The second kappa shape index (κ2) is 9.67. The van der Waals surface area contributed by atoms with E-state index in [0.29, 0.717) is 26.2 Å². The maximum atomic E-state index is 12.8. The monoisotopic (exact) mass is 405 g/mol. The fourth-order valence-electron chi connectivity index (χ4n) is 3.87. The summed E-state index contributed by atoms with van der Waals surface area (Å²) in [5, 5.41) is 1.28. The van der Waals surface area contributed by atoms with E-state index in [1.165, 1.54) is 22.6 Å². The third-order valence-electron chi connectivity index (χ3n) is 5.69. The molecule has 6 nitrogen and oxygen atoms in total. The maximum Gasteiger partial charge on any atom is 0.239 e. The topological polar surface area (TPSA) is 60.9 Å². The molecule has 0 radical (unpaired) electrons. The second-order valence-electron chi connectivity index (χ2n) is 7.61. The lowest BCUT2D eigenvalue weighted by atomic mass is 10.2. The molecule has 0 N–H and O–H groups in total. The first kappa shape index (κ1) is 21.0. The highest BCUT2D eigenvalue weighted by atomic mass is 32.2. The molecule has 154 valence electrons. The van der Waals surface area contributed by atoms with E-state index < -0.39 is 10.0 Å². The molecule has 1 amide bonds. The molecule has 2 aliphatic heterocycles. The van der Waals surface area contributed by atoms with Crippen molar-refractivity contribution in [3.63, 3.8) is 0 Å². The van der Waals surface area contributed by atoms with E-state index in [2.05, 4.69) is 4.90 Å². The van der Waals surface area contributed by atoms with E-state index in [1.807, 2.05) is 42.2 Å². The normalized spacial score (nSPS) is 21.5. The molecular formula is C21H31N3O3S. The molecular weight excluding hydrogens is 374 g/mol. The zero-order valence-corrected chi connectivity index (χ0v) is 17.5. The molecule has 0 unspecified atom stereocenters. The zero-order chi connectivity index (χ0) is 20.0. The minimum Gasteiger partial charge on any atom is -0.341 e. The van der Waals surface area contributed by atoms with Crippen LogP contribution in [0, 0.1) is 0 Å². The van der Waals surface area contributed by atoms with Gasteiger partial charge in [0.15, 0.2) is 0 Å². The van der Waals surface area contributed by atoms with Crippen LogP contribution in [0.5, 0.6) is 0 Å². The number of hydrogen-bond acceptors (Lipinski definition) is 4. The Bertz CT molecular complexity index is 763. The maximum absolute atomic E-state index is 12.8. The standard InChI is InChI=1S/C21H31N3O3S/c1-19(21(25)23-12-7-2-3-8-13-23)22-14-16-24(17-15-22)28(26,27)18-11-20-9-5-4-6-10-20/h4-6,9-11,18-19H,2-3,7-8,12-17H2,1H3/b18-11+/t19-/m1/s1. The van der Waals surface area contributed by atoms with Crippen LogP contribution in [0.25, 0.3) is 6.08 Å². The first-order valence-corrected chi connectivity index (χ1v) is 11.7. The van der Waals surface area contributed by atoms with Gasteiger partial charge in [0.05, 0.1) is 6.04 Å². The van der Waals surface area contributed by atoms with Gasteiger partial charge in [-0.05, 0) is 31.4 Å². The quantitative estimate of drug-likeness (QED) is 0.755. The fourth-order valence-corrected chi connectivity index (χ4v) is 5.05. The van der Waals surface area contributed by atoms with Crippen LogP contribution in [0.4, 0.5) is 0 Å². The fraction of sp³-hybridized carbons (Fsp3) is 0.571. The Morgan fingerprint density at radius 1 is 0.929 bits per heavy atom. The Morgan fingerprint density at radius 3 is 2.14 bits per heavy atom. The molecule has 1 aromatic rings. The van der Waals surface area contributed by atoms with Gasteiger partial charge in [-0.1, -0.05) is 43.2 Å². The van der Waals surface area contributed by atoms with Gasteiger partial charge in [0.2, 0.25) is 15.9 Å². The molecule has 28 heavy (non-hydrogen) atoms. The number of piperazine rings is 1. The van der Waals surface area contributed by atoms with Crippen molar-refractivity contribution in [3.05, 3.63) is 41.3 Å². The van der Waals surface area contributed by atoms with E-state index in [0.717, 1.165) is 31.5 Å². The molecule has 0 aliphatic carbocycles. The largest absolute Gasteiger partial charge is 0.341 e. The van der Waals surface area contributed by atoms with Gasteiger partial charge in [0.25, 0.3) is 0 Å². The van der Waals surface area contributed by atoms with Gasteiger partial charge in [-0.25, -0.2) is 8.42 Å². The number of benzene rings is 1. The summed E-state index contributed by atoms with van der Waals surface area (Å²) in [4.78, 5) is 16.9. The summed E-state index contributed by atoms with van der Waals surface area (Å²) >= 11 is 0. The first-order chi connectivity index (χ1) is 13.5. The van der Waals surface area contributed by atoms with E-state index in [1.54, 1.807) is 6.08 Å². The molecule has 0 aromatic heterocycles. The van der Waals surface area contributed by atoms with Crippen molar-refractivity contribution in [3.8, 4) is 0 Å². The molecule has 3 rings (SSSR count). The van der Waals surface area contributed by atoms with Crippen LogP contribution in [0.15, 0.2) is 35.7 Å². The van der Waals surface area contributed by atoms with Gasteiger partial charge in [-0.3, -0.25) is 9.69 Å². The number of carbonyl (C=O) groups excluding carboxylic acids is 1. The number of sulfonamides is 1. The van der Waals surface area contributed by atoms with Crippen LogP contribution in [0.2, 0.25) is 0 Å². The minimum atomic E-state index is -3.45. The van der Waals surface area contributed by atoms with Crippen molar-refractivity contribution in [1.29, 1.82) is 0 Å². The first-order valence-electron chi connectivity index (χ1n) is 10.2. The van der Waals surface area contributed by atoms with Crippen LogP contribution in [0.1, 0.15) is 38.2 Å². The number of nitrogens with zero attached hydrogens (tertiary/aromatic N) is 3. The van der Waals surface area contributed by atoms with E-state index in [9.17, 15) is 13.2 Å². The highest BCUT2D eigenvalue weighted by Crippen LogP contribution is 2.16. The summed E-state index contributed by atoms with van der Waals surface area (Å²) < 4.78 is 26.7.